The van der Waals surface area contributed by atoms with Crippen LogP contribution in [0, 0.1) is 0 Å². The Hall–Kier alpha value is -0.705. The van der Waals surface area contributed by atoms with Crippen LogP contribution in [0.2, 0.25) is 0 Å². The van der Waals surface area contributed by atoms with Crippen molar-refractivity contribution in [1.82, 2.24) is 0 Å². The van der Waals surface area contributed by atoms with Crippen molar-refractivity contribution >= 4 is 12.4 Å². The van der Waals surface area contributed by atoms with Crippen LogP contribution in [0.5, 0.6) is 0 Å². The van der Waals surface area contributed by atoms with E-state index < -0.39 is 12.4 Å². The van der Waals surface area contributed by atoms with Gasteiger partial charge in [0.05, 0.1) is 0 Å². The third-order valence-corrected chi connectivity index (χ3v) is 2.40. The largest absolute Gasteiger partial charge is 1.00 e. The molecule has 0 aromatic heterocycles. The summed E-state index contributed by atoms with van der Waals surface area (Å²) in [4.78, 5) is 0. The molecule has 0 saturated carbocycles. The van der Waals surface area contributed by atoms with Gasteiger partial charge in [0.2, 0.25) is 0 Å². The topological polar surface area (TPSA) is 0 Å². The van der Waals surface area contributed by atoms with Gasteiger partial charge in [-0.3, -0.25) is 0 Å². The Balaban J connectivity index is 0.00000144. The molecule has 82 valence electrons. The maximum atomic E-state index is 12.4. The van der Waals surface area contributed by atoms with Gasteiger partial charge < -0.3 is 12.9 Å². The summed E-state index contributed by atoms with van der Waals surface area (Å²) >= 11 is 0. The maximum absolute atomic E-state index is 12.4. The fraction of sp³-hybridized carbons (Fsp3) is 0. The van der Waals surface area contributed by atoms with E-state index in [-0.39, 0.29) is 29.6 Å². The molecule has 0 spiro atoms. The van der Waals surface area contributed by atoms with E-state index in [1.807, 2.05) is 30.3 Å². The van der Waals surface area contributed by atoms with Crippen LogP contribution >= 0.6 is 0 Å². The van der Waals surface area contributed by atoms with Gasteiger partial charge in [0.25, 0.3) is 0 Å². The molecule has 0 amide bonds. The normalized spacial score (nSPS) is 10.8. The zero-order valence-corrected chi connectivity index (χ0v) is 11.4. The van der Waals surface area contributed by atoms with Crippen LogP contribution < -0.4 is 35.0 Å². The molecule has 2 aromatic carbocycles. The van der Waals surface area contributed by atoms with Crippen LogP contribution in [0.25, 0.3) is 11.1 Å². The standard InChI is InChI=1S/C12H9BF3.Na/c14-13(15,16)12-8-6-11(7-9-12)10-4-2-1-3-5-10;/h1-9H;/q-1;+1. The van der Waals surface area contributed by atoms with Crippen molar-refractivity contribution in [2.45, 2.75) is 0 Å². The second-order valence-electron chi connectivity index (χ2n) is 3.56. The Morgan fingerprint density at radius 3 is 1.59 bits per heavy atom. The van der Waals surface area contributed by atoms with Gasteiger partial charge in [0.15, 0.2) is 0 Å². The zero-order chi connectivity index (χ0) is 11.6. The fourth-order valence-corrected chi connectivity index (χ4v) is 1.52. The summed E-state index contributed by atoms with van der Waals surface area (Å²) in [6, 6.07) is 14.6. The van der Waals surface area contributed by atoms with E-state index in [2.05, 4.69) is 0 Å². The van der Waals surface area contributed by atoms with Crippen molar-refractivity contribution < 1.29 is 42.5 Å². The van der Waals surface area contributed by atoms with Crippen molar-refractivity contribution in [3.8, 4) is 11.1 Å². The van der Waals surface area contributed by atoms with Gasteiger partial charge in [0, 0.05) is 0 Å². The van der Waals surface area contributed by atoms with E-state index in [4.69, 9.17) is 0 Å². The van der Waals surface area contributed by atoms with Gasteiger partial charge in [-0.25, -0.2) is 0 Å². The molecule has 0 nitrogen and oxygen atoms in total. The minimum Gasteiger partial charge on any atom is -0.445 e. The van der Waals surface area contributed by atoms with Crippen LogP contribution in [-0.2, 0) is 0 Å². The number of hydrogen-bond acceptors (Lipinski definition) is 0. The second kappa shape index (κ2) is 5.76. The van der Waals surface area contributed by atoms with Crippen molar-refractivity contribution in [3.05, 3.63) is 54.6 Å². The van der Waals surface area contributed by atoms with Crippen LogP contribution in [0.1, 0.15) is 0 Å². The Labute approximate surface area is 120 Å². The molecular weight excluding hydrogens is 235 g/mol. The first-order chi connectivity index (χ1) is 7.57. The predicted molar refractivity (Wildman–Crippen MR) is 60.6 cm³/mol. The first-order valence-corrected chi connectivity index (χ1v) is 4.93. The van der Waals surface area contributed by atoms with Crippen LogP contribution in [0.3, 0.4) is 0 Å². The smallest absolute Gasteiger partial charge is 0.445 e. The summed E-state index contributed by atoms with van der Waals surface area (Å²) in [5, 5.41) is 0. The molecule has 0 aliphatic carbocycles. The minimum absolute atomic E-state index is 0. The van der Waals surface area contributed by atoms with Gasteiger partial charge in [-0.2, -0.15) is 0 Å². The zero-order valence-electron chi connectivity index (χ0n) is 9.41. The van der Waals surface area contributed by atoms with Crippen LogP contribution in [0.15, 0.2) is 54.6 Å². The van der Waals surface area contributed by atoms with E-state index in [0.29, 0.717) is 0 Å². The number of rotatable bonds is 2. The molecule has 0 radical (unpaired) electrons. The van der Waals surface area contributed by atoms with Crippen molar-refractivity contribution in [3.63, 3.8) is 0 Å². The van der Waals surface area contributed by atoms with E-state index >= 15 is 0 Å². The molecule has 0 aliphatic rings. The van der Waals surface area contributed by atoms with Gasteiger partial charge in [-0.05, 0) is 11.1 Å². The van der Waals surface area contributed by atoms with Crippen molar-refractivity contribution in [1.29, 1.82) is 0 Å². The first kappa shape index (κ1) is 14.4. The molecule has 0 atom stereocenters. The molecule has 0 N–H and O–H groups in total. The maximum Gasteiger partial charge on any atom is 1.00 e. The fourth-order valence-electron chi connectivity index (χ4n) is 1.52. The van der Waals surface area contributed by atoms with Gasteiger partial charge >= 0.3 is 36.5 Å². The molecule has 0 fully saturated rings. The molecule has 0 heterocycles. The van der Waals surface area contributed by atoms with Crippen molar-refractivity contribution in [2.75, 3.05) is 0 Å². The summed E-state index contributed by atoms with van der Waals surface area (Å²) in [6.45, 7) is -4.89. The van der Waals surface area contributed by atoms with E-state index in [1.54, 1.807) is 0 Å². The first-order valence-electron chi connectivity index (χ1n) is 4.93. The number of benzene rings is 2. The van der Waals surface area contributed by atoms with E-state index in [9.17, 15) is 12.9 Å². The molecule has 0 bridgehead atoms. The number of halogens is 3. The van der Waals surface area contributed by atoms with Gasteiger partial charge in [0.1, 0.15) is 0 Å². The third-order valence-electron chi connectivity index (χ3n) is 2.40. The van der Waals surface area contributed by atoms with Crippen LogP contribution in [-0.4, -0.2) is 6.98 Å². The third kappa shape index (κ3) is 3.63. The average molecular weight is 244 g/mol. The van der Waals surface area contributed by atoms with Gasteiger partial charge in [-0.1, -0.05) is 54.6 Å². The van der Waals surface area contributed by atoms with Crippen LogP contribution in [0.4, 0.5) is 12.9 Å². The minimum atomic E-state index is -4.89. The predicted octanol–water partition coefficient (Wildman–Crippen LogP) is 0.412. The summed E-state index contributed by atoms with van der Waals surface area (Å²) < 4.78 is 37.2. The number of hydrogen-bond donors (Lipinski definition) is 0. The quantitative estimate of drug-likeness (QED) is 0.671. The molecule has 17 heavy (non-hydrogen) atoms. The summed E-state index contributed by atoms with van der Waals surface area (Å²) in [5.74, 6) is 0. The molecular formula is C12H9BF3Na. The average Bonchev–Trinajstić information content (AvgIpc) is 2.29. The molecule has 0 unspecified atom stereocenters. The summed E-state index contributed by atoms with van der Waals surface area (Å²) in [5.41, 5.74) is 1.16. The van der Waals surface area contributed by atoms with E-state index in [0.717, 1.165) is 23.3 Å². The second-order valence-corrected chi connectivity index (χ2v) is 3.56. The molecule has 2 rings (SSSR count). The monoisotopic (exact) mass is 244 g/mol. The van der Waals surface area contributed by atoms with Gasteiger partial charge in [-0.15, -0.1) is 5.46 Å². The Kier molecular flexibility index (Phi) is 4.86. The SMILES string of the molecule is F[B-](F)(F)c1ccc(-c2ccccc2)cc1.[Na+]. The molecule has 5 heteroatoms. The Morgan fingerprint density at radius 1 is 0.647 bits per heavy atom. The molecule has 2 aromatic rings. The summed E-state index contributed by atoms with van der Waals surface area (Å²) in [6.07, 6.45) is 0. The van der Waals surface area contributed by atoms with E-state index in [1.165, 1.54) is 12.1 Å². The Morgan fingerprint density at radius 2 is 1.12 bits per heavy atom. The molecule has 0 aliphatic heterocycles. The summed E-state index contributed by atoms with van der Waals surface area (Å²) in [7, 11) is 0. The Bertz CT molecular complexity index is 465. The molecule has 0 saturated heterocycles. The van der Waals surface area contributed by atoms with Crippen molar-refractivity contribution in [2.24, 2.45) is 0 Å².